The van der Waals surface area contributed by atoms with E-state index in [0.29, 0.717) is 18.6 Å². The minimum absolute atomic E-state index is 0.116. The van der Waals surface area contributed by atoms with Gasteiger partial charge in [-0.3, -0.25) is 0 Å². The lowest BCUT2D eigenvalue weighted by molar-refractivity contribution is 0.0650. The van der Waals surface area contributed by atoms with Gasteiger partial charge in [0.1, 0.15) is 0 Å². The molecule has 0 atom stereocenters. The van der Waals surface area contributed by atoms with Crippen LogP contribution in [0.4, 0.5) is 0 Å². The van der Waals surface area contributed by atoms with Gasteiger partial charge < -0.3 is 14.9 Å². The Kier molecular flexibility index (Phi) is 6.46. The van der Waals surface area contributed by atoms with Crippen LogP contribution in [0.2, 0.25) is 0 Å². The normalized spacial score (nSPS) is 10.0. The topological polar surface area (TPSA) is 83.8 Å². The molecule has 1 rings (SSSR count). The van der Waals surface area contributed by atoms with Gasteiger partial charge in [0.2, 0.25) is 0 Å². The van der Waals surface area contributed by atoms with Crippen molar-refractivity contribution >= 4 is 11.9 Å². The molecular formula is C16H20O5. The van der Waals surface area contributed by atoms with E-state index in [-0.39, 0.29) is 11.1 Å². The van der Waals surface area contributed by atoms with E-state index in [0.717, 1.165) is 18.4 Å². The summed E-state index contributed by atoms with van der Waals surface area (Å²) < 4.78 is 5.30. The number of hydrogen-bond donors (Lipinski definition) is 2. The van der Waals surface area contributed by atoms with Gasteiger partial charge in [-0.15, -0.1) is 0 Å². The summed E-state index contributed by atoms with van der Waals surface area (Å²) in [5.41, 5.74) is 1.35. The fourth-order valence-electron chi connectivity index (χ4n) is 1.97. The van der Waals surface area contributed by atoms with Gasteiger partial charge in [-0.05, 0) is 50.3 Å². The van der Waals surface area contributed by atoms with Crippen LogP contribution < -0.4 is 0 Å². The smallest absolute Gasteiger partial charge is 0.336 e. The fourth-order valence-corrected chi connectivity index (χ4v) is 1.97. The molecule has 0 aromatic heterocycles. The Morgan fingerprint density at radius 2 is 1.86 bits per heavy atom. The second-order valence-corrected chi connectivity index (χ2v) is 4.97. The summed E-state index contributed by atoms with van der Waals surface area (Å²) in [7, 11) is 0. The van der Waals surface area contributed by atoms with Crippen LogP contribution in [-0.2, 0) is 11.2 Å². The second kappa shape index (κ2) is 8.09. The molecule has 0 heterocycles. The molecule has 0 fully saturated rings. The zero-order chi connectivity index (χ0) is 15.8. The van der Waals surface area contributed by atoms with E-state index in [1.165, 1.54) is 6.07 Å². The molecule has 0 aliphatic carbocycles. The third kappa shape index (κ3) is 5.30. The van der Waals surface area contributed by atoms with Crippen molar-refractivity contribution in [3.05, 3.63) is 46.7 Å². The Hall–Kier alpha value is -2.30. The van der Waals surface area contributed by atoms with E-state index >= 15 is 0 Å². The Balaban J connectivity index is 2.67. The summed E-state index contributed by atoms with van der Waals surface area (Å²) in [5, 5.41) is 18.2. The van der Waals surface area contributed by atoms with Crippen molar-refractivity contribution in [1.29, 1.82) is 0 Å². The lowest BCUT2D eigenvalue weighted by Crippen LogP contribution is -2.11. The monoisotopic (exact) mass is 292 g/mol. The van der Waals surface area contributed by atoms with Crippen molar-refractivity contribution in [2.75, 3.05) is 6.61 Å². The molecule has 0 aliphatic heterocycles. The van der Waals surface area contributed by atoms with Gasteiger partial charge in [-0.25, -0.2) is 9.59 Å². The number of unbranched alkanes of at least 4 members (excludes halogenated alkanes) is 1. The van der Waals surface area contributed by atoms with Gasteiger partial charge >= 0.3 is 11.9 Å². The quantitative estimate of drug-likeness (QED) is 0.567. The standard InChI is InChI=1S/C16H20O5/c1-11(2)10-21-9-4-3-6-12-7-5-8-13(15(17)18)14(12)16(19)20/h5,7-8,10H,3-4,6,9H2,1-2H3,(H,17,18)(H,19,20). The molecule has 5 heteroatoms. The molecule has 0 bridgehead atoms. The van der Waals surface area contributed by atoms with Crippen molar-refractivity contribution in [1.82, 2.24) is 0 Å². The van der Waals surface area contributed by atoms with Crippen LogP contribution in [0.1, 0.15) is 53.0 Å². The number of benzene rings is 1. The van der Waals surface area contributed by atoms with E-state index < -0.39 is 11.9 Å². The predicted octanol–water partition coefficient (Wildman–Crippen LogP) is 3.35. The average Bonchev–Trinajstić information content (AvgIpc) is 2.41. The summed E-state index contributed by atoms with van der Waals surface area (Å²) >= 11 is 0. The van der Waals surface area contributed by atoms with Crippen LogP contribution in [0.5, 0.6) is 0 Å². The molecule has 0 unspecified atom stereocenters. The molecule has 114 valence electrons. The maximum Gasteiger partial charge on any atom is 0.336 e. The molecule has 21 heavy (non-hydrogen) atoms. The van der Waals surface area contributed by atoms with Crippen molar-refractivity contribution < 1.29 is 24.5 Å². The SMILES string of the molecule is CC(C)=COCCCCc1cccc(C(=O)O)c1C(=O)O. The van der Waals surface area contributed by atoms with Gasteiger partial charge in [0, 0.05) is 0 Å². The summed E-state index contributed by atoms with van der Waals surface area (Å²) in [6.07, 6.45) is 3.72. The van der Waals surface area contributed by atoms with Crippen molar-refractivity contribution in [2.45, 2.75) is 33.1 Å². The zero-order valence-electron chi connectivity index (χ0n) is 12.3. The molecule has 2 N–H and O–H groups in total. The summed E-state index contributed by atoms with van der Waals surface area (Å²) in [4.78, 5) is 22.3. The van der Waals surface area contributed by atoms with Gasteiger partial charge in [0.25, 0.3) is 0 Å². The molecule has 1 aromatic carbocycles. The molecule has 0 spiro atoms. The number of allylic oxidation sites excluding steroid dienone is 1. The highest BCUT2D eigenvalue weighted by atomic mass is 16.5. The highest BCUT2D eigenvalue weighted by molar-refractivity contribution is 6.02. The number of ether oxygens (including phenoxy) is 1. The zero-order valence-corrected chi connectivity index (χ0v) is 12.3. The average molecular weight is 292 g/mol. The molecule has 0 aliphatic rings. The van der Waals surface area contributed by atoms with Gasteiger partial charge in [0.05, 0.1) is 24.0 Å². The third-order valence-corrected chi connectivity index (χ3v) is 2.87. The van der Waals surface area contributed by atoms with Crippen molar-refractivity contribution in [3.63, 3.8) is 0 Å². The van der Waals surface area contributed by atoms with Crippen molar-refractivity contribution in [3.8, 4) is 0 Å². The summed E-state index contributed by atoms with van der Waals surface area (Å²) in [5.74, 6) is -2.43. The van der Waals surface area contributed by atoms with E-state index in [1.54, 1.807) is 18.4 Å². The van der Waals surface area contributed by atoms with E-state index in [1.807, 2.05) is 13.8 Å². The number of hydrogen-bond acceptors (Lipinski definition) is 3. The number of carboxylic acid groups (broad SMARTS) is 2. The van der Waals surface area contributed by atoms with Gasteiger partial charge in [-0.1, -0.05) is 12.1 Å². The Labute approximate surface area is 123 Å². The largest absolute Gasteiger partial charge is 0.501 e. The fraction of sp³-hybridized carbons (Fsp3) is 0.375. The molecule has 0 amide bonds. The molecule has 5 nitrogen and oxygen atoms in total. The lowest BCUT2D eigenvalue weighted by atomic mass is 9.97. The number of carboxylic acids is 2. The van der Waals surface area contributed by atoms with Gasteiger partial charge in [-0.2, -0.15) is 0 Å². The number of carbonyl (C=O) groups is 2. The van der Waals surface area contributed by atoms with Crippen LogP contribution in [0.25, 0.3) is 0 Å². The highest BCUT2D eigenvalue weighted by Gasteiger charge is 2.19. The summed E-state index contributed by atoms with van der Waals surface area (Å²) in [6.45, 7) is 4.44. The Morgan fingerprint density at radius 1 is 1.14 bits per heavy atom. The first-order valence-corrected chi connectivity index (χ1v) is 6.77. The second-order valence-electron chi connectivity index (χ2n) is 4.97. The van der Waals surface area contributed by atoms with E-state index in [4.69, 9.17) is 9.84 Å². The molecule has 1 aromatic rings. The van der Waals surface area contributed by atoms with Crippen molar-refractivity contribution in [2.24, 2.45) is 0 Å². The predicted molar refractivity (Wildman–Crippen MR) is 78.7 cm³/mol. The van der Waals surface area contributed by atoms with E-state index in [9.17, 15) is 14.7 Å². The highest BCUT2D eigenvalue weighted by Crippen LogP contribution is 2.17. The maximum atomic E-state index is 11.3. The minimum atomic E-state index is -1.22. The first-order valence-electron chi connectivity index (χ1n) is 6.77. The van der Waals surface area contributed by atoms with Crippen LogP contribution in [0.15, 0.2) is 30.0 Å². The molecular weight excluding hydrogens is 272 g/mol. The maximum absolute atomic E-state index is 11.3. The minimum Gasteiger partial charge on any atom is -0.501 e. The van der Waals surface area contributed by atoms with Gasteiger partial charge in [0.15, 0.2) is 0 Å². The molecule has 0 saturated carbocycles. The van der Waals surface area contributed by atoms with Crippen LogP contribution in [0, 0.1) is 0 Å². The van der Waals surface area contributed by atoms with Crippen LogP contribution in [0.3, 0.4) is 0 Å². The molecule has 0 radical (unpaired) electrons. The number of aryl methyl sites for hydroxylation is 1. The Bertz CT molecular complexity index is 542. The first-order chi connectivity index (χ1) is 9.93. The van der Waals surface area contributed by atoms with E-state index in [2.05, 4.69) is 0 Å². The molecule has 0 saturated heterocycles. The summed E-state index contributed by atoms with van der Waals surface area (Å²) in [6, 6.07) is 4.55. The first kappa shape index (κ1) is 16.8. The number of rotatable bonds is 8. The number of aromatic carboxylic acids is 2. The Morgan fingerprint density at radius 3 is 2.43 bits per heavy atom. The van der Waals surface area contributed by atoms with Crippen LogP contribution >= 0.6 is 0 Å². The lowest BCUT2D eigenvalue weighted by Gasteiger charge is -2.09. The van der Waals surface area contributed by atoms with Crippen LogP contribution in [-0.4, -0.2) is 28.8 Å². The third-order valence-electron chi connectivity index (χ3n) is 2.87.